The zero-order valence-electron chi connectivity index (χ0n) is 16.1. The molecular weight excluding hydrogens is 359 g/mol. The van der Waals surface area contributed by atoms with Crippen LogP contribution in [0.3, 0.4) is 0 Å². The molecule has 1 aromatic heterocycles. The summed E-state index contributed by atoms with van der Waals surface area (Å²) in [6, 6.07) is 6.10. The Morgan fingerprint density at radius 2 is 2.18 bits per heavy atom. The number of likely N-dealkylation sites (tertiary alicyclic amines) is 1. The summed E-state index contributed by atoms with van der Waals surface area (Å²) in [6.07, 6.45) is 4.87. The summed E-state index contributed by atoms with van der Waals surface area (Å²) in [5.41, 5.74) is 2.02. The number of hydrogen-bond donors (Lipinski definition) is 0. The minimum Gasteiger partial charge on any atom is -0.481 e. The highest BCUT2D eigenvalue weighted by atomic mass is 19.1. The van der Waals surface area contributed by atoms with E-state index in [4.69, 9.17) is 9.72 Å². The van der Waals surface area contributed by atoms with Gasteiger partial charge in [0.05, 0.1) is 5.69 Å². The van der Waals surface area contributed by atoms with E-state index in [-0.39, 0.29) is 18.3 Å². The van der Waals surface area contributed by atoms with Crippen molar-refractivity contribution in [2.24, 2.45) is 0 Å². The molecule has 1 saturated heterocycles. The van der Waals surface area contributed by atoms with Crippen molar-refractivity contribution >= 4 is 5.91 Å². The van der Waals surface area contributed by atoms with Gasteiger partial charge in [-0.15, -0.1) is 0 Å². The quantitative estimate of drug-likeness (QED) is 0.810. The number of ether oxygens (including phenoxy) is 1. The molecule has 1 fully saturated rings. The summed E-state index contributed by atoms with van der Waals surface area (Å²) < 4.78 is 19.0. The molecule has 148 valence electrons. The number of hydrogen-bond acceptors (Lipinski definition) is 5. The van der Waals surface area contributed by atoms with Gasteiger partial charge < -0.3 is 14.5 Å². The number of para-hydroxylation sites is 1. The number of benzene rings is 1. The second-order valence-electron chi connectivity index (χ2n) is 7.59. The average molecular weight is 384 g/mol. The SMILES string of the molecule is CN1CCC[C@H](c2ncc3c(n2)CCN(C(=O)COc2ccccc2F)C3)C1. The van der Waals surface area contributed by atoms with Crippen LogP contribution < -0.4 is 4.74 Å². The number of rotatable bonds is 4. The molecule has 0 N–H and O–H groups in total. The van der Waals surface area contributed by atoms with E-state index < -0.39 is 5.82 Å². The van der Waals surface area contributed by atoms with Gasteiger partial charge >= 0.3 is 0 Å². The summed E-state index contributed by atoms with van der Waals surface area (Å²) in [4.78, 5) is 25.9. The standard InChI is InChI=1S/C21H25FN4O2/c1-25-9-4-5-15(12-25)21-23-11-16-13-26(10-8-18(16)24-21)20(27)14-28-19-7-3-2-6-17(19)22/h2-3,6-7,11,15H,4-5,8-10,12-14H2,1H3/t15-/m0/s1. The van der Waals surface area contributed by atoms with Crippen LogP contribution in [-0.4, -0.2) is 59.0 Å². The normalized spacial score (nSPS) is 19.9. The first-order valence-corrected chi connectivity index (χ1v) is 9.78. The third kappa shape index (κ3) is 4.14. The Morgan fingerprint density at radius 3 is 3.00 bits per heavy atom. The molecule has 7 heteroatoms. The molecule has 0 saturated carbocycles. The van der Waals surface area contributed by atoms with Crippen molar-refractivity contribution < 1.29 is 13.9 Å². The van der Waals surface area contributed by atoms with Gasteiger partial charge in [0.1, 0.15) is 5.82 Å². The molecule has 1 amide bonds. The lowest BCUT2D eigenvalue weighted by molar-refractivity contribution is -0.134. The van der Waals surface area contributed by atoms with Gasteiger partial charge in [-0.25, -0.2) is 14.4 Å². The molecular formula is C21H25FN4O2. The molecule has 6 nitrogen and oxygen atoms in total. The summed E-state index contributed by atoms with van der Waals surface area (Å²) >= 11 is 0. The fraction of sp³-hybridized carbons (Fsp3) is 0.476. The van der Waals surface area contributed by atoms with Crippen molar-refractivity contribution in [2.45, 2.75) is 31.7 Å². The number of aromatic nitrogens is 2. The molecule has 3 heterocycles. The van der Waals surface area contributed by atoms with E-state index in [1.807, 2.05) is 6.20 Å². The molecule has 0 radical (unpaired) electrons. The van der Waals surface area contributed by atoms with Gasteiger partial charge in [0.25, 0.3) is 5.91 Å². The second-order valence-corrected chi connectivity index (χ2v) is 7.59. The smallest absolute Gasteiger partial charge is 0.260 e. The number of amides is 1. The highest BCUT2D eigenvalue weighted by Gasteiger charge is 2.26. The zero-order chi connectivity index (χ0) is 19.5. The number of carbonyl (C=O) groups is 1. The molecule has 1 atom stereocenters. The Balaban J connectivity index is 1.38. The molecule has 0 unspecified atom stereocenters. The third-order valence-electron chi connectivity index (χ3n) is 5.48. The average Bonchev–Trinajstić information content (AvgIpc) is 2.72. The third-order valence-corrected chi connectivity index (χ3v) is 5.48. The lowest BCUT2D eigenvalue weighted by Crippen LogP contribution is -2.39. The fourth-order valence-electron chi connectivity index (χ4n) is 3.91. The van der Waals surface area contributed by atoms with E-state index in [0.29, 0.717) is 25.4 Å². The van der Waals surface area contributed by atoms with Gasteiger partial charge in [0, 0.05) is 43.7 Å². The Bertz CT molecular complexity index is 860. The lowest BCUT2D eigenvalue weighted by Gasteiger charge is -2.31. The van der Waals surface area contributed by atoms with E-state index in [0.717, 1.165) is 36.6 Å². The lowest BCUT2D eigenvalue weighted by atomic mass is 9.97. The van der Waals surface area contributed by atoms with Crippen LogP contribution >= 0.6 is 0 Å². The number of fused-ring (bicyclic) bond motifs is 1. The molecule has 0 bridgehead atoms. The van der Waals surface area contributed by atoms with Gasteiger partial charge in [0.15, 0.2) is 18.2 Å². The highest BCUT2D eigenvalue weighted by Crippen LogP contribution is 2.25. The molecule has 4 rings (SSSR count). The van der Waals surface area contributed by atoms with Gasteiger partial charge in [-0.2, -0.15) is 0 Å². The van der Waals surface area contributed by atoms with E-state index in [9.17, 15) is 9.18 Å². The molecule has 0 spiro atoms. The maximum Gasteiger partial charge on any atom is 0.260 e. The summed E-state index contributed by atoms with van der Waals surface area (Å²) in [5, 5.41) is 0. The maximum absolute atomic E-state index is 13.6. The van der Waals surface area contributed by atoms with Crippen molar-refractivity contribution in [3.8, 4) is 5.75 Å². The van der Waals surface area contributed by atoms with Crippen LogP contribution in [0.4, 0.5) is 4.39 Å². The summed E-state index contributed by atoms with van der Waals surface area (Å²) in [7, 11) is 2.14. The van der Waals surface area contributed by atoms with Gasteiger partial charge in [-0.05, 0) is 38.6 Å². The van der Waals surface area contributed by atoms with Gasteiger partial charge in [-0.3, -0.25) is 4.79 Å². The number of carbonyl (C=O) groups excluding carboxylic acids is 1. The first-order chi connectivity index (χ1) is 13.6. The van der Waals surface area contributed by atoms with Crippen LogP contribution in [0.25, 0.3) is 0 Å². The number of piperidine rings is 1. The van der Waals surface area contributed by atoms with Crippen LogP contribution in [0.5, 0.6) is 5.75 Å². The van der Waals surface area contributed by atoms with Crippen molar-refractivity contribution in [3.05, 3.63) is 53.4 Å². The first kappa shape index (κ1) is 18.8. The number of likely N-dealkylation sites (N-methyl/N-ethyl adjacent to an activating group) is 1. The predicted octanol–water partition coefficient (Wildman–Crippen LogP) is 2.39. The Kier molecular flexibility index (Phi) is 5.52. The van der Waals surface area contributed by atoms with Crippen LogP contribution in [0, 0.1) is 5.82 Å². The van der Waals surface area contributed by atoms with Gasteiger partial charge in [0.2, 0.25) is 0 Å². The van der Waals surface area contributed by atoms with Crippen molar-refractivity contribution in [3.63, 3.8) is 0 Å². The minimum atomic E-state index is -0.464. The second kappa shape index (κ2) is 8.22. The first-order valence-electron chi connectivity index (χ1n) is 9.78. The molecule has 2 aliphatic heterocycles. The number of nitrogens with zero attached hydrogens (tertiary/aromatic N) is 4. The van der Waals surface area contributed by atoms with Crippen molar-refractivity contribution in [1.29, 1.82) is 0 Å². The fourth-order valence-corrected chi connectivity index (χ4v) is 3.91. The van der Waals surface area contributed by atoms with Crippen LogP contribution in [0.1, 0.15) is 35.8 Å². The van der Waals surface area contributed by atoms with E-state index in [1.165, 1.54) is 18.6 Å². The van der Waals surface area contributed by atoms with Crippen molar-refractivity contribution in [2.75, 3.05) is 33.3 Å². The number of halogens is 1. The Morgan fingerprint density at radius 1 is 1.32 bits per heavy atom. The Hall–Kier alpha value is -2.54. The maximum atomic E-state index is 13.6. The highest BCUT2D eigenvalue weighted by molar-refractivity contribution is 5.78. The Labute approximate surface area is 164 Å². The van der Waals surface area contributed by atoms with Crippen LogP contribution in [-0.2, 0) is 17.8 Å². The van der Waals surface area contributed by atoms with Crippen LogP contribution in [0.2, 0.25) is 0 Å². The van der Waals surface area contributed by atoms with E-state index in [1.54, 1.807) is 17.0 Å². The molecule has 2 aromatic rings. The summed E-state index contributed by atoms with van der Waals surface area (Å²) in [6.45, 7) is 3.01. The zero-order valence-corrected chi connectivity index (χ0v) is 16.1. The molecule has 28 heavy (non-hydrogen) atoms. The summed E-state index contributed by atoms with van der Waals surface area (Å²) in [5.74, 6) is 0.782. The topological polar surface area (TPSA) is 58.6 Å². The van der Waals surface area contributed by atoms with Crippen molar-refractivity contribution in [1.82, 2.24) is 19.8 Å². The minimum absolute atomic E-state index is 0.0960. The molecule has 2 aliphatic rings. The monoisotopic (exact) mass is 384 g/mol. The predicted molar refractivity (Wildman–Crippen MR) is 103 cm³/mol. The van der Waals surface area contributed by atoms with Crippen LogP contribution in [0.15, 0.2) is 30.5 Å². The molecule has 1 aromatic carbocycles. The van der Waals surface area contributed by atoms with Gasteiger partial charge in [-0.1, -0.05) is 12.1 Å². The van der Waals surface area contributed by atoms with E-state index in [2.05, 4.69) is 16.9 Å². The van der Waals surface area contributed by atoms with E-state index >= 15 is 0 Å². The largest absolute Gasteiger partial charge is 0.481 e. The molecule has 0 aliphatic carbocycles.